The van der Waals surface area contributed by atoms with E-state index < -0.39 is 11.7 Å². The largest absolute Gasteiger partial charge is 0.450 e. The molecule has 0 unspecified atom stereocenters. The molecule has 1 fully saturated rings. The number of hydrogen-bond acceptors (Lipinski definition) is 6. The zero-order valence-corrected chi connectivity index (χ0v) is 15.1. The Hall–Kier alpha value is -2.38. The van der Waals surface area contributed by atoms with E-state index in [2.05, 4.69) is 10.2 Å². The molecule has 1 aliphatic rings. The molecule has 7 heteroatoms. The highest BCUT2D eigenvalue weighted by molar-refractivity contribution is 5.89. The molecule has 0 bridgehead atoms. The lowest BCUT2D eigenvalue weighted by Crippen LogP contribution is -2.36. The number of nitrogens with zero attached hydrogens (tertiary/aromatic N) is 1. The minimum atomic E-state index is -0.536. The number of carbonyl (C=O) groups is 1. The summed E-state index contributed by atoms with van der Waals surface area (Å²) in [5.41, 5.74) is 1.51. The summed E-state index contributed by atoms with van der Waals surface area (Å²) < 4.78 is 15.6. The van der Waals surface area contributed by atoms with Crippen LogP contribution in [0.5, 0.6) is 0 Å². The number of carbonyl (C=O) groups excluding carboxylic acids is 1. The molecule has 1 amide bonds. The summed E-state index contributed by atoms with van der Waals surface area (Å²) in [7, 11) is 1.75. The third-order valence-electron chi connectivity index (χ3n) is 4.61. The van der Waals surface area contributed by atoms with Gasteiger partial charge < -0.3 is 13.9 Å². The van der Waals surface area contributed by atoms with Crippen molar-refractivity contribution in [3.05, 3.63) is 40.2 Å². The second kappa shape index (κ2) is 8.33. The Labute approximate surface area is 151 Å². The fourth-order valence-corrected chi connectivity index (χ4v) is 3.27. The predicted octanol–water partition coefficient (Wildman–Crippen LogP) is 2.97. The summed E-state index contributed by atoms with van der Waals surface area (Å²) in [5.74, 6) is 0. The maximum atomic E-state index is 12.0. The molecular formula is C19H24N2O5. The fourth-order valence-electron chi connectivity index (χ4n) is 3.27. The van der Waals surface area contributed by atoms with Gasteiger partial charge in [0.15, 0.2) is 0 Å². The second-order valence-electron chi connectivity index (χ2n) is 6.36. The molecule has 140 valence electrons. The minimum Gasteiger partial charge on any atom is -0.450 e. The number of likely N-dealkylation sites (tertiary alicyclic amines) is 1. The van der Waals surface area contributed by atoms with Gasteiger partial charge in [-0.1, -0.05) is 0 Å². The van der Waals surface area contributed by atoms with Crippen LogP contribution in [-0.4, -0.2) is 43.9 Å². The quantitative estimate of drug-likeness (QED) is 0.826. The van der Waals surface area contributed by atoms with Crippen LogP contribution in [-0.2, 0) is 16.0 Å². The molecular weight excluding hydrogens is 336 g/mol. The highest BCUT2D eigenvalue weighted by Crippen LogP contribution is 2.24. The van der Waals surface area contributed by atoms with Gasteiger partial charge in [0.25, 0.3) is 0 Å². The van der Waals surface area contributed by atoms with Crippen LogP contribution in [0.2, 0.25) is 0 Å². The van der Waals surface area contributed by atoms with Crippen molar-refractivity contribution in [2.75, 3.05) is 32.1 Å². The van der Waals surface area contributed by atoms with Gasteiger partial charge >= 0.3 is 11.7 Å². The molecule has 0 aliphatic carbocycles. The Balaban J connectivity index is 1.80. The number of benzene rings is 1. The van der Waals surface area contributed by atoms with Gasteiger partial charge in [-0.05, 0) is 37.5 Å². The average molecular weight is 360 g/mol. The Morgan fingerprint density at radius 1 is 1.31 bits per heavy atom. The topological polar surface area (TPSA) is 81.0 Å². The van der Waals surface area contributed by atoms with E-state index >= 15 is 0 Å². The van der Waals surface area contributed by atoms with Gasteiger partial charge in [0, 0.05) is 50.0 Å². The molecule has 1 aliphatic heterocycles. The van der Waals surface area contributed by atoms with Crippen molar-refractivity contribution in [2.24, 2.45) is 0 Å². The number of methoxy groups -OCH3 is 1. The zero-order chi connectivity index (χ0) is 18.5. The third kappa shape index (κ3) is 4.42. The first-order chi connectivity index (χ1) is 12.6. The number of amides is 1. The molecule has 0 radical (unpaired) electrons. The maximum Gasteiger partial charge on any atom is 0.411 e. The maximum absolute atomic E-state index is 12.0. The van der Waals surface area contributed by atoms with E-state index in [1.54, 1.807) is 32.2 Å². The molecule has 2 aromatic rings. The van der Waals surface area contributed by atoms with Gasteiger partial charge in [0.1, 0.15) is 5.58 Å². The number of nitrogens with one attached hydrogen (secondary N) is 1. The van der Waals surface area contributed by atoms with Crippen molar-refractivity contribution in [2.45, 2.75) is 32.4 Å². The van der Waals surface area contributed by atoms with Crippen molar-refractivity contribution in [1.82, 2.24) is 4.90 Å². The summed E-state index contributed by atoms with van der Waals surface area (Å²) in [4.78, 5) is 25.8. The first-order valence-corrected chi connectivity index (χ1v) is 8.84. The summed E-state index contributed by atoms with van der Waals surface area (Å²) in [6.07, 6.45) is 1.76. The number of hydrogen-bond donors (Lipinski definition) is 1. The highest BCUT2D eigenvalue weighted by atomic mass is 16.5. The average Bonchev–Trinajstić information content (AvgIpc) is 2.62. The number of anilines is 1. The van der Waals surface area contributed by atoms with Crippen LogP contribution >= 0.6 is 0 Å². The van der Waals surface area contributed by atoms with Gasteiger partial charge in [-0.2, -0.15) is 0 Å². The van der Waals surface area contributed by atoms with Crippen molar-refractivity contribution in [3.8, 4) is 0 Å². The van der Waals surface area contributed by atoms with E-state index in [4.69, 9.17) is 13.9 Å². The van der Waals surface area contributed by atoms with Crippen LogP contribution in [0.15, 0.2) is 33.5 Å². The first-order valence-electron chi connectivity index (χ1n) is 8.84. The molecule has 1 aromatic heterocycles. The van der Waals surface area contributed by atoms with Crippen LogP contribution in [0.3, 0.4) is 0 Å². The summed E-state index contributed by atoms with van der Waals surface area (Å²) in [6.45, 7) is 4.58. The summed E-state index contributed by atoms with van der Waals surface area (Å²) in [6, 6.07) is 6.83. The molecule has 1 saturated heterocycles. The molecule has 3 rings (SSSR count). The predicted molar refractivity (Wildman–Crippen MR) is 98.4 cm³/mol. The van der Waals surface area contributed by atoms with Gasteiger partial charge in [-0.15, -0.1) is 0 Å². The standard InChI is InChI=1S/C19H24N2O5/c1-3-25-19(23)20-14-4-5-16-13(10-18(22)26-17(16)11-14)12-21-8-6-15(24-2)7-9-21/h4-5,10-11,15H,3,6-9,12H2,1-2H3,(H,20,23). The second-order valence-corrected chi connectivity index (χ2v) is 6.36. The van der Waals surface area contributed by atoms with E-state index in [1.165, 1.54) is 0 Å². The van der Waals surface area contributed by atoms with E-state index in [0.29, 0.717) is 30.5 Å². The van der Waals surface area contributed by atoms with Crippen molar-refractivity contribution in [3.63, 3.8) is 0 Å². The summed E-state index contributed by atoms with van der Waals surface area (Å²) >= 11 is 0. The van der Waals surface area contributed by atoms with Crippen LogP contribution in [0, 0.1) is 0 Å². The van der Waals surface area contributed by atoms with Crippen LogP contribution in [0.25, 0.3) is 11.0 Å². The number of fused-ring (bicyclic) bond motifs is 1. The normalized spacial score (nSPS) is 15.9. The van der Waals surface area contributed by atoms with Crippen molar-refractivity contribution in [1.29, 1.82) is 0 Å². The van der Waals surface area contributed by atoms with Crippen LogP contribution < -0.4 is 10.9 Å². The Morgan fingerprint density at radius 3 is 2.77 bits per heavy atom. The Kier molecular flexibility index (Phi) is 5.90. The van der Waals surface area contributed by atoms with Crippen molar-refractivity contribution >= 4 is 22.7 Å². The van der Waals surface area contributed by atoms with Gasteiger partial charge in [0.2, 0.25) is 0 Å². The molecule has 0 saturated carbocycles. The fraction of sp³-hybridized carbons (Fsp3) is 0.474. The molecule has 7 nitrogen and oxygen atoms in total. The van der Waals surface area contributed by atoms with Gasteiger partial charge in [-0.25, -0.2) is 9.59 Å². The van der Waals surface area contributed by atoms with E-state index in [-0.39, 0.29) is 0 Å². The van der Waals surface area contributed by atoms with Crippen LogP contribution in [0.4, 0.5) is 10.5 Å². The highest BCUT2D eigenvalue weighted by Gasteiger charge is 2.20. The molecule has 0 atom stereocenters. The lowest BCUT2D eigenvalue weighted by molar-refractivity contribution is 0.0389. The first kappa shape index (κ1) is 18.4. The number of rotatable bonds is 5. The SMILES string of the molecule is CCOC(=O)Nc1ccc2c(CN3CCC(OC)CC3)cc(=O)oc2c1. The monoisotopic (exact) mass is 360 g/mol. The van der Waals surface area contributed by atoms with E-state index in [9.17, 15) is 9.59 Å². The van der Waals surface area contributed by atoms with Gasteiger partial charge in [-0.3, -0.25) is 10.2 Å². The smallest absolute Gasteiger partial charge is 0.411 e. The van der Waals surface area contributed by atoms with Crippen molar-refractivity contribution < 1.29 is 18.7 Å². The zero-order valence-electron chi connectivity index (χ0n) is 15.1. The Bertz CT molecular complexity index is 824. The minimum absolute atomic E-state index is 0.290. The van der Waals surface area contributed by atoms with Crippen LogP contribution in [0.1, 0.15) is 25.3 Å². The number of ether oxygens (including phenoxy) is 2. The molecule has 26 heavy (non-hydrogen) atoms. The van der Waals surface area contributed by atoms with Gasteiger partial charge in [0.05, 0.1) is 12.7 Å². The van der Waals surface area contributed by atoms with E-state index in [0.717, 1.165) is 36.9 Å². The summed E-state index contributed by atoms with van der Waals surface area (Å²) in [5, 5.41) is 3.49. The molecule has 1 aromatic carbocycles. The lowest BCUT2D eigenvalue weighted by Gasteiger charge is -2.31. The molecule has 0 spiro atoms. The molecule has 1 N–H and O–H groups in total. The Morgan fingerprint density at radius 2 is 2.08 bits per heavy atom. The third-order valence-corrected chi connectivity index (χ3v) is 4.61. The number of piperidine rings is 1. The lowest BCUT2D eigenvalue weighted by atomic mass is 10.0. The molecule has 2 heterocycles. The van der Waals surface area contributed by atoms with E-state index in [1.807, 2.05) is 6.07 Å².